The average Bonchev–Trinajstić information content (AvgIpc) is 2.68. The van der Waals surface area contributed by atoms with Gasteiger partial charge in [0.1, 0.15) is 5.75 Å². The van der Waals surface area contributed by atoms with Gasteiger partial charge in [0, 0.05) is 5.39 Å². The molecule has 1 saturated heterocycles. The third kappa shape index (κ3) is 2.46. The van der Waals surface area contributed by atoms with Gasteiger partial charge in [-0.25, -0.2) is 4.39 Å². The molecule has 3 rings (SSSR count). The fraction of sp³-hybridized carbons (Fsp3) is 0.412. The smallest absolute Gasteiger partial charge is 0.495 e. The molecule has 2 aromatic carbocycles. The van der Waals surface area contributed by atoms with E-state index in [1.54, 1.807) is 0 Å². The minimum absolute atomic E-state index is 0.0753. The minimum Gasteiger partial charge on any atom is -0.508 e. The molecule has 0 aromatic heterocycles. The number of phenols is 1. The molecule has 0 saturated carbocycles. The first kappa shape index (κ1) is 12.6. The molecule has 2 aromatic rings. The zero-order chi connectivity index (χ0) is 19.5. The summed E-state index contributed by atoms with van der Waals surface area (Å²) in [5.41, 5.74) is -1.01. The molecule has 4 nitrogen and oxygen atoms in total. The molecule has 0 atom stereocenters. The van der Waals surface area contributed by atoms with E-state index >= 15 is 0 Å². The second-order valence-electron chi connectivity index (χ2n) is 6.70. The molecule has 1 heterocycles. The van der Waals surface area contributed by atoms with E-state index in [0.717, 1.165) is 6.07 Å². The van der Waals surface area contributed by atoms with Crippen molar-refractivity contribution >= 4 is 23.4 Å². The third-order valence-electron chi connectivity index (χ3n) is 4.65. The molecule has 0 bridgehead atoms. The van der Waals surface area contributed by atoms with Crippen molar-refractivity contribution in [2.45, 2.75) is 38.9 Å². The van der Waals surface area contributed by atoms with Crippen molar-refractivity contribution in [3.8, 4) is 11.5 Å². The van der Waals surface area contributed by atoms with E-state index in [9.17, 15) is 9.50 Å². The summed E-state index contributed by atoms with van der Waals surface area (Å²) in [7, 11) is -3.75. The maximum atomic E-state index is 14.4. The molecule has 1 fully saturated rings. The number of ether oxygens (including phenoxy) is 1. The van der Waals surface area contributed by atoms with E-state index in [0.29, 0.717) is 10.8 Å². The average molecular weight is 321 g/mol. The molecule has 0 radical (unpaired) electrons. The Morgan fingerprint density at radius 3 is 2.43 bits per heavy atom. The van der Waals surface area contributed by atoms with Gasteiger partial charge in [-0.05, 0) is 56.7 Å². The fourth-order valence-electron chi connectivity index (χ4n) is 2.68. The van der Waals surface area contributed by atoms with Gasteiger partial charge in [-0.3, -0.25) is 0 Å². The highest BCUT2D eigenvalue weighted by Gasteiger charge is 2.52. The van der Waals surface area contributed by atoms with Crippen LogP contribution in [-0.4, -0.2) is 30.5 Å². The molecule has 6 heteroatoms. The number of aromatic hydroxyl groups is 1. The molecule has 0 unspecified atom stereocenters. The Bertz CT molecular complexity index is 851. The number of hydrogen-bond donors (Lipinski definition) is 1. The van der Waals surface area contributed by atoms with Crippen LogP contribution in [0.25, 0.3) is 10.8 Å². The van der Waals surface area contributed by atoms with E-state index in [4.69, 9.17) is 18.2 Å². The van der Waals surface area contributed by atoms with Gasteiger partial charge in [-0.1, -0.05) is 6.07 Å². The van der Waals surface area contributed by atoms with Crippen molar-refractivity contribution < 1.29 is 27.7 Å². The zero-order valence-corrected chi connectivity index (χ0v) is 13.4. The SMILES string of the molecule is [2H]C([2H])([2H])Oc1c(F)ccc2cc(O)cc(B3OC(C)(C)C(C)(C)O3)c12. The fourth-order valence-corrected chi connectivity index (χ4v) is 2.68. The van der Waals surface area contributed by atoms with Gasteiger partial charge in [0.2, 0.25) is 0 Å². The van der Waals surface area contributed by atoms with E-state index in [1.807, 2.05) is 27.7 Å². The Hall–Kier alpha value is -1.79. The van der Waals surface area contributed by atoms with Crippen LogP contribution < -0.4 is 10.2 Å². The number of rotatable bonds is 2. The van der Waals surface area contributed by atoms with Crippen LogP contribution in [0.1, 0.15) is 31.8 Å². The van der Waals surface area contributed by atoms with Crippen molar-refractivity contribution in [1.29, 1.82) is 0 Å². The zero-order valence-electron chi connectivity index (χ0n) is 16.4. The predicted molar refractivity (Wildman–Crippen MR) is 87.8 cm³/mol. The lowest BCUT2D eigenvalue weighted by atomic mass is 9.75. The maximum absolute atomic E-state index is 14.4. The van der Waals surface area contributed by atoms with Crippen molar-refractivity contribution in [3.05, 3.63) is 30.1 Å². The first-order valence-electron chi connectivity index (χ1n) is 8.80. The van der Waals surface area contributed by atoms with Gasteiger partial charge in [-0.2, -0.15) is 0 Å². The maximum Gasteiger partial charge on any atom is 0.495 e. The summed E-state index contributed by atoms with van der Waals surface area (Å²) in [5.74, 6) is -1.32. The molecular weight excluding hydrogens is 298 g/mol. The summed E-state index contributed by atoms with van der Waals surface area (Å²) in [6.45, 7) is 7.44. The Balaban J connectivity index is 2.24. The topological polar surface area (TPSA) is 47.9 Å². The second-order valence-corrected chi connectivity index (χ2v) is 6.70. The number of hydrogen-bond acceptors (Lipinski definition) is 4. The number of methoxy groups -OCH3 is 1. The summed E-state index contributed by atoms with van der Waals surface area (Å²) in [6, 6.07) is 5.30. The van der Waals surface area contributed by atoms with Gasteiger partial charge in [0.15, 0.2) is 11.6 Å². The van der Waals surface area contributed by atoms with Crippen molar-refractivity contribution in [3.63, 3.8) is 0 Å². The normalized spacial score (nSPS) is 21.8. The van der Waals surface area contributed by atoms with Crippen LogP contribution in [0.3, 0.4) is 0 Å². The highest BCUT2D eigenvalue weighted by molar-refractivity contribution is 6.65. The molecule has 122 valence electrons. The van der Waals surface area contributed by atoms with E-state index < -0.39 is 36.9 Å². The summed E-state index contributed by atoms with van der Waals surface area (Å²) in [5, 5.41) is 10.7. The van der Waals surface area contributed by atoms with E-state index in [1.165, 1.54) is 18.2 Å². The number of phenolic OH excluding ortho intramolecular Hbond substituents is 1. The second kappa shape index (κ2) is 5.11. The minimum atomic E-state index is -2.83. The molecule has 0 spiro atoms. The predicted octanol–water partition coefficient (Wildman–Crippen LogP) is 2.99. The van der Waals surface area contributed by atoms with Gasteiger partial charge >= 0.3 is 7.12 Å². The Labute approximate surface area is 139 Å². The van der Waals surface area contributed by atoms with Crippen LogP contribution in [0.2, 0.25) is 0 Å². The van der Waals surface area contributed by atoms with Crippen LogP contribution in [0, 0.1) is 5.82 Å². The summed E-state index contributed by atoms with van der Waals surface area (Å²) >= 11 is 0. The molecule has 1 N–H and O–H groups in total. The summed E-state index contributed by atoms with van der Waals surface area (Å²) < 4.78 is 53.3. The van der Waals surface area contributed by atoms with Crippen LogP contribution in [0.15, 0.2) is 24.3 Å². The monoisotopic (exact) mass is 321 g/mol. The van der Waals surface area contributed by atoms with Gasteiger partial charge in [0.25, 0.3) is 0 Å². The molecule has 0 aliphatic carbocycles. The largest absolute Gasteiger partial charge is 0.508 e. The van der Waals surface area contributed by atoms with Gasteiger partial charge in [0.05, 0.1) is 22.4 Å². The third-order valence-corrected chi connectivity index (χ3v) is 4.65. The highest BCUT2D eigenvalue weighted by Crippen LogP contribution is 2.38. The lowest BCUT2D eigenvalue weighted by Crippen LogP contribution is -2.41. The van der Waals surface area contributed by atoms with Crippen LogP contribution in [-0.2, 0) is 9.31 Å². The lowest BCUT2D eigenvalue weighted by Gasteiger charge is -2.32. The van der Waals surface area contributed by atoms with E-state index in [2.05, 4.69) is 0 Å². The number of fused-ring (bicyclic) bond motifs is 1. The standard InChI is InChI=1S/C17H20BFO4/c1-16(2)17(3,4)23-18(22-16)12-9-11(20)8-10-6-7-13(19)15(21-5)14(10)12/h6-9,20H,1-5H3/i5D3. The molecule has 1 aliphatic heterocycles. The molecule has 23 heavy (non-hydrogen) atoms. The highest BCUT2D eigenvalue weighted by atomic mass is 19.1. The van der Waals surface area contributed by atoms with Crippen molar-refractivity contribution in [2.24, 2.45) is 0 Å². The van der Waals surface area contributed by atoms with Crippen LogP contribution >= 0.6 is 0 Å². The quantitative estimate of drug-likeness (QED) is 0.864. The Morgan fingerprint density at radius 1 is 1.17 bits per heavy atom. The first-order valence-corrected chi connectivity index (χ1v) is 7.30. The Morgan fingerprint density at radius 2 is 1.83 bits per heavy atom. The molecule has 0 amide bonds. The molecular formula is C17H20BFO4. The number of benzene rings is 2. The van der Waals surface area contributed by atoms with Crippen molar-refractivity contribution in [1.82, 2.24) is 0 Å². The lowest BCUT2D eigenvalue weighted by molar-refractivity contribution is 0.00578. The summed E-state index contributed by atoms with van der Waals surface area (Å²) in [4.78, 5) is 0. The van der Waals surface area contributed by atoms with Crippen LogP contribution in [0.4, 0.5) is 4.39 Å². The van der Waals surface area contributed by atoms with Crippen LogP contribution in [0.5, 0.6) is 11.5 Å². The van der Waals surface area contributed by atoms with E-state index in [-0.39, 0.29) is 11.1 Å². The first-order chi connectivity index (χ1) is 11.8. The Kier molecular flexibility index (Phi) is 2.80. The summed E-state index contributed by atoms with van der Waals surface area (Å²) in [6.07, 6.45) is 0. The van der Waals surface area contributed by atoms with Crippen molar-refractivity contribution in [2.75, 3.05) is 7.04 Å². The number of halogens is 1. The molecule has 1 aliphatic rings. The van der Waals surface area contributed by atoms with Gasteiger partial charge in [-0.15, -0.1) is 0 Å². The van der Waals surface area contributed by atoms with Gasteiger partial charge < -0.3 is 19.2 Å².